The summed E-state index contributed by atoms with van der Waals surface area (Å²) >= 11 is 0. The van der Waals surface area contributed by atoms with Gasteiger partial charge in [-0.1, -0.05) is 6.92 Å². The molecule has 4 heteroatoms. The first-order chi connectivity index (χ1) is 8.67. The standard InChI is InChI=1S/C14H23NO3/c1-10(5-6-15)12-8-13(17-3)11(9-16-2)7-14(12)18-4/h7-8,10H,5-6,9,15H2,1-4H3. The SMILES string of the molecule is COCc1cc(OC)c(C(C)CCN)cc1OC. The van der Waals surface area contributed by atoms with Crippen molar-refractivity contribution in [3.8, 4) is 11.5 Å². The Labute approximate surface area is 109 Å². The molecule has 1 aromatic carbocycles. The fraction of sp³-hybridized carbons (Fsp3) is 0.571. The summed E-state index contributed by atoms with van der Waals surface area (Å²) in [5.41, 5.74) is 7.73. The number of hydrogen-bond acceptors (Lipinski definition) is 4. The van der Waals surface area contributed by atoms with Crippen molar-refractivity contribution in [1.29, 1.82) is 0 Å². The van der Waals surface area contributed by atoms with Gasteiger partial charge < -0.3 is 19.9 Å². The zero-order chi connectivity index (χ0) is 13.5. The summed E-state index contributed by atoms with van der Waals surface area (Å²) < 4.78 is 16.0. The average Bonchev–Trinajstić information content (AvgIpc) is 2.38. The highest BCUT2D eigenvalue weighted by Gasteiger charge is 2.15. The van der Waals surface area contributed by atoms with E-state index in [2.05, 4.69) is 6.92 Å². The van der Waals surface area contributed by atoms with Gasteiger partial charge in [0.1, 0.15) is 11.5 Å². The molecule has 4 nitrogen and oxygen atoms in total. The maximum Gasteiger partial charge on any atom is 0.124 e. The van der Waals surface area contributed by atoms with E-state index in [4.69, 9.17) is 19.9 Å². The summed E-state index contributed by atoms with van der Waals surface area (Å²) in [4.78, 5) is 0. The van der Waals surface area contributed by atoms with E-state index in [1.165, 1.54) is 0 Å². The van der Waals surface area contributed by atoms with E-state index in [9.17, 15) is 0 Å². The van der Waals surface area contributed by atoms with Crippen LogP contribution in [0.1, 0.15) is 30.4 Å². The van der Waals surface area contributed by atoms with Crippen molar-refractivity contribution in [3.05, 3.63) is 23.3 Å². The average molecular weight is 253 g/mol. The Morgan fingerprint density at radius 3 is 2.28 bits per heavy atom. The van der Waals surface area contributed by atoms with Crippen LogP contribution in [0.15, 0.2) is 12.1 Å². The third-order valence-electron chi connectivity index (χ3n) is 3.06. The van der Waals surface area contributed by atoms with Gasteiger partial charge in [0.15, 0.2) is 0 Å². The van der Waals surface area contributed by atoms with Gasteiger partial charge in [-0.15, -0.1) is 0 Å². The van der Waals surface area contributed by atoms with Crippen molar-refractivity contribution in [1.82, 2.24) is 0 Å². The molecular formula is C14H23NO3. The first kappa shape index (κ1) is 14.8. The molecule has 0 radical (unpaired) electrons. The monoisotopic (exact) mass is 253 g/mol. The molecule has 18 heavy (non-hydrogen) atoms. The van der Waals surface area contributed by atoms with Crippen LogP contribution >= 0.6 is 0 Å². The lowest BCUT2D eigenvalue weighted by molar-refractivity contribution is 0.181. The van der Waals surface area contributed by atoms with Crippen LogP contribution in [0.4, 0.5) is 0 Å². The molecule has 1 atom stereocenters. The summed E-state index contributed by atoms with van der Waals surface area (Å²) in [6.45, 7) is 3.30. The van der Waals surface area contributed by atoms with Crippen LogP contribution in [0.25, 0.3) is 0 Å². The topological polar surface area (TPSA) is 53.7 Å². The van der Waals surface area contributed by atoms with Crippen molar-refractivity contribution in [2.45, 2.75) is 25.9 Å². The van der Waals surface area contributed by atoms with Crippen molar-refractivity contribution < 1.29 is 14.2 Å². The van der Waals surface area contributed by atoms with Gasteiger partial charge in [0.2, 0.25) is 0 Å². The molecule has 1 aromatic rings. The third-order valence-corrected chi connectivity index (χ3v) is 3.06. The van der Waals surface area contributed by atoms with E-state index in [0.717, 1.165) is 29.0 Å². The largest absolute Gasteiger partial charge is 0.496 e. The van der Waals surface area contributed by atoms with Crippen LogP contribution < -0.4 is 15.2 Å². The van der Waals surface area contributed by atoms with Crippen molar-refractivity contribution in [2.75, 3.05) is 27.9 Å². The first-order valence-corrected chi connectivity index (χ1v) is 6.11. The van der Waals surface area contributed by atoms with Crippen molar-refractivity contribution >= 4 is 0 Å². The second kappa shape index (κ2) is 7.24. The number of benzene rings is 1. The van der Waals surface area contributed by atoms with Gasteiger partial charge in [-0.25, -0.2) is 0 Å². The smallest absolute Gasteiger partial charge is 0.124 e. The molecule has 2 N–H and O–H groups in total. The second-order valence-electron chi connectivity index (χ2n) is 4.32. The molecule has 0 heterocycles. The van der Waals surface area contributed by atoms with E-state index >= 15 is 0 Å². The van der Waals surface area contributed by atoms with Gasteiger partial charge in [0.05, 0.1) is 20.8 Å². The molecule has 0 aliphatic rings. The molecule has 102 valence electrons. The highest BCUT2D eigenvalue weighted by molar-refractivity contribution is 5.47. The van der Waals surface area contributed by atoms with Crippen LogP contribution in [0.2, 0.25) is 0 Å². The van der Waals surface area contributed by atoms with E-state index in [1.54, 1.807) is 21.3 Å². The van der Waals surface area contributed by atoms with Crippen molar-refractivity contribution in [3.63, 3.8) is 0 Å². The molecular weight excluding hydrogens is 230 g/mol. The molecule has 0 saturated carbocycles. The van der Waals surface area contributed by atoms with E-state index < -0.39 is 0 Å². The van der Waals surface area contributed by atoms with Crippen LogP contribution in [0.5, 0.6) is 11.5 Å². The Kier molecular flexibility index (Phi) is 5.95. The third kappa shape index (κ3) is 3.37. The Balaban J connectivity index is 3.16. The van der Waals surface area contributed by atoms with Gasteiger partial charge in [-0.2, -0.15) is 0 Å². The lowest BCUT2D eigenvalue weighted by Gasteiger charge is -2.18. The molecule has 0 saturated heterocycles. The van der Waals surface area contributed by atoms with Crippen LogP contribution in [0.3, 0.4) is 0 Å². The predicted octanol–water partition coefficient (Wildman–Crippen LogP) is 2.30. The highest BCUT2D eigenvalue weighted by atomic mass is 16.5. The van der Waals surface area contributed by atoms with Crippen LogP contribution in [-0.4, -0.2) is 27.9 Å². The lowest BCUT2D eigenvalue weighted by atomic mass is 9.95. The molecule has 0 fully saturated rings. The Bertz CT molecular complexity index is 380. The van der Waals surface area contributed by atoms with Gasteiger partial charge >= 0.3 is 0 Å². The lowest BCUT2D eigenvalue weighted by Crippen LogP contribution is -2.07. The van der Waals surface area contributed by atoms with E-state index in [-0.39, 0.29) is 0 Å². The minimum atomic E-state index is 0.343. The van der Waals surface area contributed by atoms with Gasteiger partial charge in [0.25, 0.3) is 0 Å². The van der Waals surface area contributed by atoms with Crippen LogP contribution in [-0.2, 0) is 11.3 Å². The second-order valence-corrected chi connectivity index (χ2v) is 4.32. The molecule has 0 aromatic heterocycles. The Morgan fingerprint density at radius 1 is 1.11 bits per heavy atom. The normalized spacial score (nSPS) is 12.3. The first-order valence-electron chi connectivity index (χ1n) is 6.11. The number of hydrogen-bond donors (Lipinski definition) is 1. The molecule has 0 spiro atoms. The van der Waals surface area contributed by atoms with Gasteiger partial charge in [0, 0.05) is 18.2 Å². The zero-order valence-electron chi connectivity index (χ0n) is 11.7. The fourth-order valence-corrected chi connectivity index (χ4v) is 2.04. The summed E-state index contributed by atoms with van der Waals surface area (Å²) in [7, 11) is 5.01. The van der Waals surface area contributed by atoms with Gasteiger partial charge in [-0.3, -0.25) is 0 Å². The Morgan fingerprint density at radius 2 is 1.78 bits per heavy atom. The summed E-state index contributed by atoms with van der Waals surface area (Å²) in [5, 5.41) is 0. The van der Waals surface area contributed by atoms with Gasteiger partial charge in [-0.05, 0) is 31.0 Å². The molecule has 0 aliphatic heterocycles. The summed E-state index contributed by atoms with van der Waals surface area (Å²) in [6, 6.07) is 4.00. The molecule has 1 unspecified atom stereocenters. The molecule has 0 bridgehead atoms. The predicted molar refractivity (Wildman–Crippen MR) is 72.3 cm³/mol. The van der Waals surface area contributed by atoms with E-state index in [0.29, 0.717) is 19.1 Å². The number of ether oxygens (including phenoxy) is 3. The highest BCUT2D eigenvalue weighted by Crippen LogP contribution is 2.35. The minimum absolute atomic E-state index is 0.343. The number of nitrogens with two attached hydrogens (primary N) is 1. The maximum atomic E-state index is 5.61. The van der Waals surface area contributed by atoms with Crippen LogP contribution in [0, 0.1) is 0 Å². The summed E-state index contributed by atoms with van der Waals surface area (Å²) in [5.74, 6) is 2.04. The molecule has 0 amide bonds. The number of methoxy groups -OCH3 is 3. The molecule has 1 rings (SSSR count). The Hall–Kier alpha value is -1.26. The summed E-state index contributed by atoms with van der Waals surface area (Å²) in [6.07, 6.45) is 0.920. The fourth-order valence-electron chi connectivity index (χ4n) is 2.04. The minimum Gasteiger partial charge on any atom is -0.496 e. The zero-order valence-corrected chi connectivity index (χ0v) is 11.7. The quantitative estimate of drug-likeness (QED) is 0.810. The van der Waals surface area contributed by atoms with Crippen molar-refractivity contribution in [2.24, 2.45) is 5.73 Å². The number of rotatable bonds is 7. The molecule has 0 aliphatic carbocycles. The van der Waals surface area contributed by atoms with E-state index in [1.807, 2.05) is 12.1 Å². The maximum absolute atomic E-state index is 5.61.